The Bertz CT molecular complexity index is 589. The first kappa shape index (κ1) is 15.1. The summed E-state index contributed by atoms with van der Waals surface area (Å²) in [6.07, 6.45) is -3.66. The monoisotopic (exact) mass is 303 g/mol. The number of rotatable bonds is 3. The molecule has 1 aromatic rings. The normalized spacial score (nSPS) is 18.8. The number of carbonyl (C=O) groups excluding carboxylic acids is 1. The molecule has 2 N–H and O–H groups in total. The topological polar surface area (TPSA) is 89.5 Å². The van der Waals surface area contributed by atoms with Crippen LogP contribution in [0.1, 0.15) is 18.4 Å². The lowest BCUT2D eigenvalue weighted by Crippen LogP contribution is -2.40. The molecule has 1 atom stereocenters. The number of halogens is 3. The molecule has 0 bridgehead atoms. The molecule has 0 aromatic heterocycles. The highest BCUT2D eigenvalue weighted by Gasteiger charge is 2.37. The summed E-state index contributed by atoms with van der Waals surface area (Å²) in [5, 5.41) is 11.0. The summed E-state index contributed by atoms with van der Waals surface area (Å²) in [5.74, 6) is -0.651. The Labute approximate surface area is 117 Å². The second-order valence-electron chi connectivity index (χ2n) is 4.71. The van der Waals surface area contributed by atoms with E-state index in [1.165, 1.54) is 4.90 Å². The van der Waals surface area contributed by atoms with E-state index in [4.69, 9.17) is 5.73 Å². The van der Waals surface area contributed by atoms with Crippen molar-refractivity contribution in [3.63, 3.8) is 0 Å². The van der Waals surface area contributed by atoms with Gasteiger partial charge in [0.05, 0.1) is 10.5 Å². The molecule has 0 radical (unpaired) electrons. The Morgan fingerprint density at radius 1 is 1.43 bits per heavy atom. The number of nitrogens with two attached hydrogens (primary N) is 1. The Balaban J connectivity index is 2.49. The van der Waals surface area contributed by atoms with Gasteiger partial charge in [0.2, 0.25) is 5.91 Å². The SMILES string of the molecule is NC(=O)[C@@H]1CCCN1c1ccc(C(F)(F)F)cc1[N+](=O)[O-]. The molecule has 21 heavy (non-hydrogen) atoms. The van der Waals surface area contributed by atoms with Crippen LogP contribution in [0.2, 0.25) is 0 Å². The third-order valence-electron chi connectivity index (χ3n) is 3.39. The van der Waals surface area contributed by atoms with Gasteiger partial charge in [0.1, 0.15) is 11.7 Å². The van der Waals surface area contributed by atoms with Gasteiger partial charge in [0.15, 0.2) is 0 Å². The summed E-state index contributed by atoms with van der Waals surface area (Å²) >= 11 is 0. The van der Waals surface area contributed by atoms with Gasteiger partial charge >= 0.3 is 6.18 Å². The number of nitrogens with zero attached hydrogens (tertiary/aromatic N) is 2. The van der Waals surface area contributed by atoms with E-state index in [0.29, 0.717) is 25.5 Å². The molecule has 1 fully saturated rings. The Morgan fingerprint density at radius 2 is 2.10 bits per heavy atom. The molecular formula is C12H12F3N3O3. The van der Waals surface area contributed by atoms with E-state index in [9.17, 15) is 28.1 Å². The molecular weight excluding hydrogens is 291 g/mol. The van der Waals surface area contributed by atoms with Crippen molar-refractivity contribution in [1.82, 2.24) is 0 Å². The Kier molecular flexibility index (Phi) is 3.75. The average Bonchev–Trinajstić information content (AvgIpc) is 2.85. The number of hydrogen-bond acceptors (Lipinski definition) is 4. The fourth-order valence-corrected chi connectivity index (χ4v) is 2.44. The fourth-order valence-electron chi connectivity index (χ4n) is 2.44. The van der Waals surface area contributed by atoms with Gasteiger partial charge in [0.25, 0.3) is 5.69 Å². The zero-order chi connectivity index (χ0) is 15.8. The second-order valence-corrected chi connectivity index (χ2v) is 4.71. The molecule has 1 amide bonds. The molecule has 114 valence electrons. The number of amides is 1. The van der Waals surface area contributed by atoms with Crippen LogP contribution in [-0.4, -0.2) is 23.4 Å². The van der Waals surface area contributed by atoms with Crippen molar-refractivity contribution < 1.29 is 22.9 Å². The number of benzene rings is 1. The van der Waals surface area contributed by atoms with Crippen LogP contribution >= 0.6 is 0 Å². The van der Waals surface area contributed by atoms with E-state index < -0.39 is 34.3 Å². The van der Waals surface area contributed by atoms with Gasteiger partial charge in [-0.15, -0.1) is 0 Å². The maximum Gasteiger partial charge on any atom is 0.416 e. The van der Waals surface area contributed by atoms with Crippen molar-refractivity contribution in [1.29, 1.82) is 0 Å². The van der Waals surface area contributed by atoms with E-state index in [2.05, 4.69) is 0 Å². The average molecular weight is 303 g/mol. The van der Waals surface area contributed by atoms with Crippen molar-refractivity contribution in [2.24, 2.45) is 5.73 Å². The third kappa shape index (κ3) is 2.91. The van der Waals surface area contributed by atoms with Crippen molar-refractivity contribution in [3.8, 4) is 0 Å². The molecule has 2 rings (SSSR count). The maximum atomic E-state index is 12.6. The van der Waals surface area contributed by atoms with Crippen LogP contribution in [0.25, 0.3) is 0 Å². The molecule has 1 saturated heterocycles. The van der Waals surface area contributed by atoms with Crippen LogP contribution in [-0.2, 0) is 11.0 Å². The van der Waals surface area contributed by atoms with Gasteiger partial charge in [-0.25, -0.2) is 0 Å². The largest absolute Gasteiger partial charge is 0.416 e. The van der Waals surface area contributed by atoms with Gasteiger partial charge in [-0.1, -0.05) is 0 Å². The zero-order valence-electron chi connectivity index (χ0n) is 10.8. The van der Waals surface area contributed by atoms with Crippen molar-refractivity contribution in [2.75, 3.05) is 11.4 Å². The number of nitro benzene ring substituents is 1. The number of nitro groups is 1. The highest BCUT2D eigenvalue weighted by atomic mass is 19.4. The lowest BCUT2D eigenvalue weighted by Gasteiger charge is -2.24. The third-order valence-corrected chi connectivity index (χ3v) is 3.39. The predicted molar refractivity (Wildman–Crippen MR) is 67.7 cm³/mol. The molecule has 6 nitrogen and oxygen atoms in total. The van der Waals surface area contributed by atoms with Gasteiger partial charge in [-0.2, -0.15) is 13.2 Å². The van der Waals surface area contributed by atoms with Crippen LogP contribution < -0.4 is 10.6 Å². The van der Waals surface area contributed by atoms with Crippen molar-refractivity contribution in [2.45, 2.75) is 25.1 Å². The smallest absolute Gasteiger partial charge is 0.368 e. The van der Waals surface area contributed by atoms with Crippen LogP contribution in [0.3, 0.4) is 0 Å². The van der Waals surface area contributed by atoms with E-state index >= 15 is 0 Å². The van der Waals surface area contributed by atoms with Gasteiger partial charge in [-0.05, 0) is 25.0 Å². The first-order valence-corrected chi connectivity index (χ1v) is 6.13. The Hall–Kier alpha value is -2.32. The summed E-state index contributed by atoms with van der Waals surface area (Å²) in [6, 6.07) is 1.52. The summed E-state index contributed by atoms with van der Waals surface area (Å²) in [4.78, 5) is 22.9. The molecule has 1 heterocycles. The zero-order valence-corrected chi connectivity index (χ0v) is 10.8. The molecule has 9 heteroatoms. The second kappa shape index (κ2) is 5.23. The number of carbonyl (C=O) groups is 1. The lowest BCUT2D eigenvalue weighted by molar-refractivity contribution is -0.384. The van der Waals surface area contributed by atoms with Gasteiger partial charge in [-0.3, -0.25) is 14.9 Å². The van der Waals surface area contributed by atoms with Crippen molar-refractivity contribution in [3.05, 3.63) is 33.9 Å². The van der Waals surface area contributed by atoms with E-state index in [0.717, 1.165) is 12.1 Å². The molecule has 1 aliphatic rings. The van der Waals surface area contributed by atoms with Crippen LogP contribution in [0.4, 0.5) is 24.5 Å². The summed E-state index contributed by atoms with van der Waals surface area (Å²) in [5.41, 5.74) is 3.41. The fraction of sp³-hybridized carbons (Fsp3) is 0.417. The number of primary amides is 1. The maximum absolute atomic E-state index is 12.6. The highest BCUT2D eigenvalue weighted by molar-refractivity contribution is 5.85. The first-order valence-electron chi connectivity index (χ1n) is 6.13. The number of anilines is 1. The Morgan fingerprint density at radius 3 is 2.62 bits per heavy atom. The lowest BCUT2D eigenvalue weighted by atomic mass is 10.1. The van der Waals surface area contributed by atoms with Crippen molar-refractivity contribution >= 4 is 17.3 Å². The van der Waals surface area contributed by atoms with Gasteiger partial charge < -0.3 is 10.6 Å². The summed E-state index contributed by atoms with van der Waals surface area (Å²) in [6.45, 7) is 0.333. The molecule has 0 aliphatic carbocycles. The van der Waals surface area contributed by atoms with Crippen LogP contribution in [0.5, 0.6) is 0 Å². The molecule has 0 spiro atoms. The first-order chi connectivity index (χ1) is 9.71. The highest BCUT2D eigenvalue weighted by Crippen LogP contribution is 2.38. The molecule has 0 saturated carbocycles. The minimum atomic E-state index is -4.67. The minimum Gasteiger partial charge on any atom is -0.368 e. The summed E-state index contributed by atoms with van der Waals surface area (Å²) in [7, 11) is 0. The minimum absolute atomic E-state index is 0.0192. The van der Waals surface area contributed by atoms with E-state index in [1.54, 1.807) is 0 Å². The van der Waals surface area contributed by atoms with E-state index in [-0.39, 0.29) is 5.69 Å². The van der Waals surface area contributed by atoms with Gasteiger partial charge in [0, 0.05) is 12.6 Å². The summed E-state index contributed by atoms with van der Waals surface area (Å²) < 4.78 is 37.9. The number of hydrogen-bond donors (Lipinski definition) is 1. The van der Waals surface area contributed by atoms with E-state index in [1.807, 2.05) is 0 Å². The molecule has 1 aliphatic heterocycles. The predicted octanol–water partition coefficient (Wildman–Crippen LogP) is 2.07. The van der Waals surface area contributed by atoms with Crippen LogP contribution in [0.15, 0.2) is 18.2 Å². The standard InChI is InChI=1S/C12H12F3N3O3/c13-12(14,15)7-3-4-8(10(6-7)18(20)21)17-5-1-2-9(17)11(16)19/h3-4,6,9H,1-2,5H2,(H2,16,19)/t9-/m0/s1. The quantitative estimate of drug-likeness (QED) is 0.683. The molecule has 1 aromatic carbocycles. The number of alkyl halides is 3. The van der Waals surface area contributed by atoms with Crippen LogP contribution in [0, 0.1) is 10.1 Å². The molecule has 0 unspecified atom stereocenters.